The van der Waals surface area contributed by atoms with Crippen LogP contribution in [0.4, 0.5) is 0 Å². The second-order valence-electron chi connectivity index (χ2n) is 9.05. The molecular weight excluding hydrogens is 501 g/mol. The van der Waals surface area contributed by atoms with E-state index in [1.165, 1.54) is 0 Å². The Morgan fingerprint density at radius 1 is 0.816 bits per heavy atom. The summed E-state index contributed by atoms with van der Waals surface area (Å²) < 4.78 is 37.0. The van der Waals surface area contributed by atoms with Gasteiger partial charge in [-0.15, -0.1) is 0 Å². The van der Waals surface area contributed by atoms with Crippen LogP contribution < -0.4 is 19.1 Å². The van der Waals surface area contributed by atoms with E-state index in [9.17, 15) is 9.36 Å². The number of benzene rings is 3. The number of unbranched alkanes of at least 4 members (excludes halogenated alkanes) is 4. The maximum absolute atomic E-state index is 14.0. The van der Waals surface area contributed by atoms with E-state index in [-0.39, 0.29) is 5.91 Å². The number of phosphoric ester groups is 1. The van der Waals surface area contributed by atoms with E-state index >= 15 is 0 Å². The fraction of sp³-hybridized carbons (Fsp3) is 0.367. The van der Waals surface area contributed by atoms with Crippen molar-refractivity contribution in [1.82, 2.24) is 5.32 Å². The normalized spacial score (nSPS) is 12.8. The molecule has 3 aromatic rings. The van der Waals surface area contributed by atoms with E-state index in [0.29, 0.717) is 23.7 Å². The molecule has 38 heavy (non-hydrogen) atoms. The van der Waals surface area contributed by atoms with E-state index in [1.54, 1.807) is 62.6 Å². The number of carbonyl (C=O) groups is 1. The minimum absolute atomic E-state index is 0.104. The van der Waals surface area contributed by atoms with E-state index in [1.807, 2.05) is 36.4 Å². The Labute approximate surface area is 226 Å². The molecule has 8 heteroatoms. The Balaban J connectivity index is 1.83. The number of nitrogens with one attached hydrogen (secondary N) is 1. The van der Waals surface area contributed by atoms with Gasteiger partial charge in [-0.2, -0.15) is 0 Å². The zero-order valence-electron chi connectivity index (χ0n) is 22.4. The van der Waals surface area contributed by atoms with Gasteiger partial charge >= 0.3 is 7.82 Å². The molecule has 0 radical (unpaired) electrons. The Bertz CT molecular complexity index is 1110. The summed E-state index contributed by atoms with van der Waals surface area (Å²) >= 11 is 0. The molecule has 3 aromatic carbocycles. The van der Waals surface area contributed by atoms with Crippen LogP contribution in [0, 0.1) is 0 Å². The van der Waals surface area contributed by atoms with Gasteiger partial charge in [0.25, 0.3) is 0 Å². The minimum Gasteiger partial charge on any atom is -0.497 e. The molecule has 0 aliphatic heterocycles. The lowest BCUT2D eigenvalue weighted by molar-refractivity contribution is -0.122. The number of methoxy groups -OCH3 is 1. The lowest BCUT2D eigenvalue weighted by Crippen LogP contribution is -2.36. The number of para-hydroxylation sites is 2. The molecule has 204 valence electrons. The van der Waals surface area contributed by atoms with Crippen LogP contribution in [0.5, 0.6) is 17.2 Å². The third kappa shape index (κ3) is 9.55. The van der Waals surface area contributed by atoms with Crippen molar-refractivity contribution in [2.24, 2.45) is 0 Å². The van der Waals surface area contributed by atoms with Crippen molar-refractivity contribution >= 4 is 13.7 Å². The molecule has 0 bridgehead atoms. The predicted molar refractivity (Wildman–Crippen MR) is 150 cm³/mol. The molecule has 0 heterocycles. The summed E-state index contributed by atoms with van der Waals surface area (Å²) in [4.78, 5) is 12.9. The van der Waals surface area contributed by atoms with Gasteiger partial charge in [0.1, 0.15) is 17.2 Å². The van der Waals surface area contributed by atoms with Crippen molar-refractivity contribution in [2.45, 2.75) is 64.5 Å². The van der Waals surface area contributed by atoms with Gasteiger partial charge in [-0.25, -0.2) is 4.57 Å². The average molecular weight is 540 g/mol. The predicted octanol–water partition coefficient (Wildman–Crippen LogP) is 7.88. The Morgan fingerprint density at radius 3 is 1.97 bits per heavy atom. The zero-order valence-corrected chi connectivity index (χ0v) is 23.3. The van der Waals surface area contributed by atoms with Gasteiger partial charge in [0.15, 0.2) is 0 Å². The van der Waals surface area contributed by atoms with Gasteiger partial charge < -0.3 is 19.1 Å². The van der Waals surface area contributed by atoms with Crippen molar-refractivity contribution in [1.29, 1.82) is 0 Å². The maximum Gasteiger partial charge on any atom is 0.587 e. The van der Waals surface area contributed by atoms with Crippen LogP contribution in [0.15, 0.2) is 84.9 Å². The van der Waals surface area contributed by atoms with E-state index in [2.05, 4.69) is 12.2 Å². The molecule has 0 fully saturated rings. The quantitative estimate of drug-likeness (QED) is 0.147. The first kappa shape index (κ1) is 29.3. The summed E-state index contributed by atoms with van der Waals surface area (Å²) in [5.41, 5.74) is 0.752. The summed E-state index contributed by atoms with van der Waals surface area (Å²) in [6.07, 6.45) is 4.85. The lowest BCUT2D eigenvalue weighted by Gasteiger charge is -2.29. The summed E-state index contributed by atoms with van der Waals surface area (Å²) in [7, 11) is -2.59. The number of hydrogen-bond donors (Lipinski definition) is 1. The van der Waals surface area contributed by atoms with Gasteiger partial charge in [0, 0.05) is 6.42 Å². The highest BCUT2D eigenvalue weighted by Crippen LogP contribution is 2.51. The first-order chi connectivity index (χ1) is 18.4. The van der Waals surface area contributed by atoms with Gasteiger partial charge in [0.2, 0.25) is 5.91 Å². The van der Waals surface area contributed by atoms with Gasteiger partial charge in [-0.1, -0.05) is 81.1 Å². The molecular formula is C30H38NO6P. The first-order valence-electron chi connectivity index (χ1n) is 13.1. The van der Waals surface area contributed by atoms with Gasteiger partial charge in [-0.3, -0.25) is 9.32 Å². The Hall–Kier alpha value is -3.28. The second-order valence-corrected chi connectivity index (χ2v) is 10.5. The highest BCUT2D eigenvalue weighted by Gasteiger charge is 2.37. The van der Waals surface area contributed by atoms with Crippen LogP contribution in [0.3, 0.4) is 0 Å². The van der Waals surface area contributed by atoms with Crippen LogP contribution in [-0.2, 0) is 13.9 Å². The molecule has 2 atom stereocenters. The van der Waals surface area contributed by atoms with Crippen LogP contribution in [0.2, 0.25) is 0 Å². The van der Waals surface area contributed by atoms with Crippen LogP contribution in [-0.4, -0.2) is 19.1 Å². The SMILES string of the molecule is CCCCCCCC(=O)N[C@H](c1cccc(OC)c1)[C@H](C)OP(=O)(Oc1ccccc1)Oc1ccccc1. The number of ether oxygens (including phenoxy) is 1. The topological polar surface area (TPSA) is 83.1 Å². The van der Waals surface area contributed by atoms with E-state index in [4.69, 9.17) is 18.3 Å². The molecule has 0 saturated carbocycles. The van der Waals surface area contributed by atoms with Crippen molar-refractivity contribution in [2.75, 3.05) is 7.11 Å². The molecule has 0 aliphatic rings. The summed E-state index contributed by atoms with van der Waals surface area (Å²) in [6.45, 7) is 3.90. The highest BCUT2D eigenvalue weighted by atomic mass is 31.2. The van der Waals surface area contributed by atoms with Crippen molar-refractivity contribution < 1.29 is 27.7 Å². The first-order valence-corrected chi connectivity index (χ1v) is 14.6. The number of hydrogen-bond acceptors (Lipinski definition) is 6. The molecule has 3 rings (SSSR count). The molecule has 7 nitrogen and oxygen atoms in total. The number of phosphoric acid groups is 1. The monoisotopic (exact) mass is 539 g/mol. The average Bonchev–Trinajstić information content (AvgIpc) is 2.92. The zero-order chi connectivity index (χ0) is 27.2. The van der Waals surface area contributed by atoms with Crippen molar-refractivity contribution in [3.8, 4) is 17.2 Å². The van der Waals surface area contributed by atoms with Crippen LogP contribution >= 0.6 is 7.82 Å². The van der Waals surface area contributed by atoms with Gasteiger partial charge in [0.05, 0.1) is 19.3 Å². The van der Waals surface area contributed by atoms with E-state index in [0.717, 1.165) is 37.7 Å². The van der Waals surface area contributed by atoms with Crippen molar-refractivity contribution in [3.63, 3.8) is 0 Å². The smallest absolute Gasteiger partial charge is 0.497 e. The minimum atomic E-state index is -4.17. The number of amides is 1. The molecule has 0 aromatic heterocycles. The molecule has 0 spiro atoms. The van der Waals surface area contributed by atoms with Crippen molar-refractivity contribution in [3.05, 3.63) is 90.5 Å². The summed E-state index contributed by atoms with van der Waals surface area (Å²) in [6, 6.07) is 24.2. The number of carbonyl (C=O) groups excluding carboxylic acids is 1. The van der Waals surface area contributed by atoms with Crippen LogP contribution in [0.25, 0.3) is 0 Å². The molecule has 0 saturated heterocycles. The summed E-state index contributed by atoms with van der Waals surface area (Å²) in [5, 5.41) is 3.07. The molecule has 0 unspecified atom stereocenters. The fourth-order valence-electron chi connectivity index (χ4n) is 3.99. The highest BCUT2D eigenvalue weighted by molar-refractivity contribution is 7.49. The largest absolute Gasteiger partial charge is 0.587 e. The number of rotatable bonds is 16. The maximum atomic E-state index is 14.0. The molecule has 0 aliphatic carbocycles. The fourth-order valence-corrected chi connectivity index (χ4v) is 5.40. The summed E-state index contributed by atoms with van der Waals surface area (Å²) in [5.74, 6) is 1.21. The molecule has 1 amide bonds. The van der Waals surface area contributed by atoms with Gasteiger partial charge in [-0.05, 0) is 55.3 Å². The second kappa shape index (κ2) is 15.2. The third-order valence-corrected chi connectivity index (χ3v) is 7.42. The lowest BCUT2D eigenvalue weighted by atomic mass is 10.0. The Morgan fingerprint density at radius 2 is 1.39 bits per heavy atom. The van der Waals surface area contributed by atoms with Crippen LogP contribution in [0.1, 0.15) is 64.0 Å². The third-order valence-electron chi connectivity index (χ3n) is 5.96. The molecule has 1 N–H and O–H groups in total. The standard InChI is InChI=1S/C30H38NO6P/c1-4-5-6-7-14-22-29(32)31-30(25-16-15-21-28(23-25)34-3)24(2)35-38(33,36-26-17-10-8-11-18-26)37-27-19-12-9-13-20-27/h8-13,15-21,23-24,30H,4-7,14,22H2,1-3H3,(H,31,32)/t24-,30-/m0/s1. The Kier molecular flexibility index (Phi) is 11.7. The van der Waals surface area contributed by atoms with E-state index < -0.39 is 20.0 Å².